The van der Waals surface area contributed by atoms with Crippen LogP contribution in [0.4, 0.5) is 0 Å². The van der Waals surface area contributed by atoms with Gasteiger partial charge in [-0.15, -0.1) is 11.3 Å². The SMILES string of the molecule is CCOC(=O)CCCCCC[C@H]1C(C#N)C[C@@H](O)C1/C=C/CC(O)C1(c2cccs2)CCC1. The summed E-state index contributed by atoms with van der Waals surface area (Å²) in [5, 5.41) is 33.3. The van der Waals surface area contributed by atoms with E-state index in [9.17, 15) is 20.3 Å². The van der Waals surface area contributed by atoms with Crippen molar-refractivity contribution in [3.8, 4) is 6.07 Å². The Bertz CT molecular complexity index is 796. The third kappa shape index (κ3) is 6.47. The van der Waals surface area contributed by atoms with Gasteiger partial charge in [0.05, 0.1) is 30.8 Å². The molecule has 5 atom stereocenters. The molecule has 0 bridgehead atoms. The van der Waals surface area contributed by atoms with Gasteiger partial charge in [-0.2, -0.15) is 5.26 Å². The Hall–Kier alpha value is -1.68. The number of nitrogens with zero attached hydrogens (tertiary/aromatic N) is 1. The Balaban J connectivity index is 1.48. The van der Waals surface area contributed by atoms with Crippen LogP contribution in [0, 0.1) is 29.1 Å². The molecule has 2 fully saturated rings. The molecular formula is C27H39NO4S. The van der Waals surface area contributed by atoms with E-state index >= 15 is 0 Å². The maximum absolute atomic E-state index is 11.4. The zero-order valence-electron chi connectivity index (χ0n) is 19.8. The lowest BCUT2D eigenvalue weighted by Crippen LogP contribution is -2.44. The van der Waals surface area contributed by atoms with Gasteiger partial charge in [0.25, 0.3) is 0 Å². The molecule has 0 amide bonds. The Morgan fingerprint density at radius 3 is 2.79 bits per heavy atom. The van der Waals surface area contributed by atoms with Gasteiger partial charge < -0.3 is 14.9 Å². The summed E-state index contributed by atoms with van der Waals surface area (Å²) in [5.74, 6) is -0.127. The lowest BCUT2D eigenvalue weighted by Gasteiger charge is -2.45. The Kier molecular flexibility index (Phi) is 9.97. The third-order valence-corrected chi connectivity index (χ3v) is 8.79. The lowest BCUT2D eigenvalue weighted by molar-refractivity contribution is -0.143. The number of ether oxygens (including phenoxy) is 1. The van der Waals surface area contributed by atoms with Crippen molar-refractivity contribution in [1.82, 2.24) is 0 Å². The number of aliphatic hydroxyl groups excluding tert-OH is 2. The van der Waals surface area contributed by atoms with Crippen molar-refractivity contribution < 1.29 is 19.7 Å². The minimum Gasteiger partial charge on any atom is -0.466 e. The molecule has 2 saturated carbocycles. The first-order valence-electron chi connectivity index (χ1n) is 12.6. The van der Waals surface area contributed by atoms with Gasteiger partial charge in [-0.25, -0.2) is 0 Å². The summed E-state index contributed by atoms with van der Waals surface area (Å²) in [7, 11) is 0. The molecule has 0 saturated heterocycles. The van der Waals surface area contributed by atoms with Crippen LogP contribution in [0.3, 0.4) is 0 Å². The van der Waals surface area contributed by atoms with Crippen molar-refractivity contribution in [2.45, 2.75) is 95.2 Å². The highest BCUT2D eigenvalue weighted by Crippen LogP contribution is 2.49. The van der Waals surface area contributed by atoms with Crippen molar-refractivity contribution in [2.24, 2.45) is 17.8 Å². The smallest absolute Gasteiger partial charge is 0.305 e. The molecule has 1 aromatic heterocycles. The van der Waals surface area contributed by atoms with Crippen LogP contribution in [0.2, 0.25) is 0 Å². The highest BCUT2D eigenvalue weighted by atomic mass is 32.1. The van der Waals surface area contributed by atoms with Crippen molar-refractivity contribution in [3.05, 3.63) is 34.5 Å². The van der Waals surface area contributed by atoms with E-state index < -0.39 is 12.2 Å². The van der Waals surface area contributed by atoms with Crippen molar-refractivity contribution in [1.29, 1.82) is 5.26 Å². The summed E-state index contributed by atoms with van der Waals surface area (Å²) < 4.78 is 4.96. The van der Waals surface area contributed by atoms with Crippen LogP contribution in [-0.4, -0.2) is 35.0 Å². The van der Waals surface area contributed by atoms with E-state index in [0.717, 1.165) is 51.4 Å². The van der Waals surface area contributed by atoms with Crippen molar-refractivity contribution >= 4 is 17.3 Å². The number of unbranched alkanes of at least 4 members (excludes halogenated alkanes) is 3. The monoisotopic (exact) mass is 473 g/mol. The van der Waals surface area contributed by atoms with Gasteiger partial charge in [0.1, 0.15) is 0 Å². The van der Waals surface area contributed by atoms with Crippen LogP contribution in [0.25, 0.3) is 0 Å². The van der Waals surface area contributed by atoms with Crippen LogP contribution in [0.5, 0.6) is 0 Å². The zero-order chi connectivity index (χ0) is 23.7. The van der Waals surface area contributed by atoms with E-state index in [1.807, 2.05) is 13.0 Å². The van der Waals surface area contributed by atoms with Crippen molar-refractivity contribution in [2.75, 3.05) is 6.61 Å². The number of hydrogen-bond donors (Lipinski definition) is 2. The highest BCUT2D eigenvalue weighted by Gasteiger charge is 2.45. The molecule has 2 N–H and O–H groups in total. The number of rotatable bonds is 13. The second-order valence-electron chi connectivity index (χ2n) is 9.70. The molecule has 0 aliphatic heterocycles. The van der Waals surface area contributed by atoms with E-state index in [0.29, 0.717) is 25.9 Å². The van der Waals surface area contributed by atoms with Crippen LogP contribution >= 0.6 is 11.3 Å². The molecule has 0 aromatic carbocycles. The second kappa shape index (κ2) is 12.7. The highest BCUT2D eigenvalue weighted by molar-refractivity contribution is 7.10. The van der Waals surface area contributed by atoms with Gasteiger partial charge in [0, 0.05) is 22.6 Å². The number of carbonyl (C=O) groups excluding carboxylic acids is 1. The molecule has 2 aliphatic carbocycles. The topological polar surface area (TPSA) is 90.6 Å². The minimum atomic E-state index is -0.494. The third-order valence-electron chi connectivity index (χ3n) is 7.70. The molecular weight excluding hydrogens is 434 g/mol. The molecule has 0 radical (unpaired) electrons. The molecule has 1 aromatic rings. The Morgan fingerprint density at radius 1 is 1.36 bits per heavy atom. The van der Waals surface area contributed by atoms with Crippen LogP contribution in [-0.2, 0) is 14.9 Å². The summed E-state index contributed by atoms with van der Waals surface area (Å²) >= 11 is 1.73. The second-order valence-corrected chi connectivity index (χ2v) is 10.7. The molecule has 33 heavy (non-hydrogen) atoms. The summed E-state index contributed by atoms with van der Waals surface area (Å²) in [4.78, 5) is 12.7. The summed E-state index contributed by atoms with van der Waals surface area (Å²) in [6.45, 7) is 2.25. The van der Waals surface area contributed by atoms with E-state index in [2.05, 4.69) is 29.7 Å². The zero-order valence-corrected chi connectivity index (χ0v) is 20.6. The fraction of sp³-hybridized carbons (Fsp3) is 0.704. The number of esters is 1. The van der Waals surface area contributed by atoms with Crippen LogP contribution in [0.1, 0.15) is 82.4 Å². The first kappa shape index (κ1) is 25.9. The molecule has 3 unspecified atom stereocenters. The number of nitriles is 1. The first-order valence-corrected chi connectivity index (χ1v) is 13.5. The van der Waals surface area contributed by atoms with E-state index in [1.54, 1.807) is 11.3 Å². The molecule has 1 heterocycles. The molecule has 0 spiro atoms. The maximum Gasteiger partial charge on any atom is 0.305 e. The average Bonchev–Trinajstić information content (AvgIpc) is 3.39. The number of carbonyl (C=O) groups is 1. The lowest BCUT2D eigenvalue weighted by atomic mass is 9.63. The minimum absolute atomic E-state index is 0.0274. The number of hydrogen-bond acceptors (Lipinski definition) is 6. The fourth-order valence-electron chi connectivity index (χ4n) is 5.65. The van der Waals surface area contributed by atoms with Gasteiger partial charge >= 0.3 is 5.97 Å². The van der Waals surface area contributed by atoms with Gasteiger partial charge in [0.2, 0.25) is 0 Å². The van der Waals surface area contributed by atoms with Gasteiger partial charge in [0.15, 0.2) is 0 Å². The molecule has 182 valence electrons. The van der Waals surface area contributed by atoms with Gasteiger partial charge in [-0.3, -0.25) is 4.79 Å². The quantitative estimate of drug-likeness (QED) is 0.224. The molecule has 5 nitrogen and oxygen atoms in total. The normalized spacial score (nSPS) is 27.2. The summed E-state index contributed by atoms with van der Waals surface area (Å²) in [5.41, 5.74) is -0.106. The van der Waals surface area contributed by atoms with Crippen LogP contribution < -0.4 is 0 Å². The predicted octanol–water partition coefficient (Wildman–Crippen LogP) is 5.52. The largest absolute Gasteiger partial charge is 0.466 e. The number of aliphatic hydroxyl groups is 2. The summed E-state index contributed by atoms with van der Waals surface area (Å²) in [6.07, 6.45) is 12.7. The molecule has 2 aliphatic rings. The average molecular weight is 474 g/mol. The molecule has 3 rings (SSSR count). The van der Waals surface area contributed by atoms with E-state index in [1.165, 1.54) is 4.88 Å². The standard InChI is InChI=1S/C27H39NO4S/c1-2-32-26(31)14-6-4-3-5-10-21-20(19-28)18-23(29)22(21)11-7-12-24(30)27(15-9-16-27)25-13-8-17-33-25/h7-8,11,13,17,20-24,29-30H,2-6,9-10,12,14-16,18H2,1H3/b11-7+/t20?,21-,22?,23+,24?/m0/s1. The summed E-state index contributed by atoms with van der Waals surface area (Å²) in [6, 6.07) is 6.61. The van der Waals surface area contributed by atoms with Gasteiger partial charge in [-0.05, 0) is 62.8 Å². The first-order chi connectivity index (χ1) is 16.0. The Morgan fingerprint density at radius 2 is 2.15 bits per heavy atom. The maximum atomic E-state index is 11.4. The predicted molar refractivity (Wildman–Crippen MR) is 131 cm³/mol. The van der Waals surface area contributed by atoms with Crippen LogP contribution in [0.15, 0.2) is 29.7 Å². The molecule has 6 heteroatoms. The van der Waals surface area contributed by atoms with Gasteiger partial charge in [-0.1, -0.05) is 43.9 Å². The van der Waals surface area contributed by atoms with E-state index in [4.69, 9.17) is 4.74 Å². The van der Waals surface area contributed by atoms with E-state index in [-0.39, 0.29) is 29.1 Å². The Labute approximate surface area is 202 Å². The fourth-order valence-corrected chi connectivity index (χ4v) is 6.68. The van der Waals surface area contributed by atoms with Crippen molar-refractivity contribution in [3.63, 3.8) is 0 Å². The number of thiophene rings is 1.